The molecule has 2 rings (SSSR count). The number of benzene rings is 1. The molecule has 1 aliphatic carbocycles. The number of non-ortho nitro benzene ring substituents is 1. The maximum absolute atomic E-state index is 10.7. The highest BCUT2D eigenvalue weighted by Gasteiger charge is 2.32. The van der Waals surface area contributed by atoms with E-state index >= 15 is 0 Å². The third kappa shape index (κ3) is 4.31. The number of rotatable bonds is 7. The molecule has 112 valence electrons. The Morgan fingerprint density at radius 3 is 2.90 bits per heavy atom. The van der Waals surface area contributed by atoms with E-state index in [1.54, 1.807) is 0 Å². The van der Waals surface area contributed by atoms with Gasteiger partial charge >= 0.3 is 0 Å². The predicted molar refractivity (Wildman–Crippen MR) is 78.4 cm³/mol. The zero-order valence-electron chi connectivity index (χ0n) is 11.6. The number of ether oxygens (including phenoxy) is 1. The van der Waals surface area contributed by atoms with Crippen LogP contribution in [0.3, 0.4) is 0 Å². The maximum Gasteiger partial charge on any atom is 0.273 e. The summed E-state index contributed by atoms with van der Waals surface area (Å²) in [6.07, 6.45) is 2.66. The van der Waals surface area contributed by atoms with Gasteiger partial charge in [-0.15, -0.1) is 0 Å². The SMILES string of the molecule is CC(C#N)(CCOc1cc([N+](=O)[O-])ccc1Cl)NC1CC1. The van der Waals surface area contributed by atoms with Gasteiger partial charge in [0.2, 0.25) is 0 Å². The molecule has 0 radical (unpaired) electrons. The summed E-state index contributed by atoms with van der Waals surface area (Å²) >= 11 is 5.95. The number of nitro groups is 1. The van der Waals surface area contributed by atoms with Gasteiger partial charge in [-0.3, -0.25) is 15.4 Å². The Hall–Kier alpha value is -1.84. The summed E-state index contributed by atoms with van der Waals surface area (Å²) in [4.78, 5) is 10.2. The van der Waals surface area contributed by atoms with Gasteiger partial charge in [-0.05, 0) is 25.8 Å². The predicted octanol–water partition coefficient (Wildman–Crippen LogP) is 3.05. The number of nitrogens with one attached hydrogen (secondary N) is 1. The topological polar surface area (TPSA) is 88.2 Å². The third-order valence-electron chi connectivity index (χ3n) is 3.33. The van der Waals surface area contributed by atoms with E-state index in [1.165, 1.54) is 18.2 Å². The summed E-state index contributed by atoms with van der Waals surface area (Å²) < 4.78 is 5.50. The van der Waals surface area contributed by atoms with Gasteiger partial charge < -0.3 is 4.74 Å². The molecule has 1 N–H and O–H groups in total. The molecule has 7 heteroatoms. The summed E-state index contributed by atoms with van der Waals surface area (Å²) in [6, 6.07) is 6.71. The zero-order valence-corrected chi connectivity index (χ0v) is 12.4. The molecule has 0 spiro atoms. The second-order valence-corrected chi connectivity index (χ2v) is 5.74. The average Bonchev–Trinajstić information content (AvgIpc) is 3.24. The lowest BCUT2D eigenvalue weighted by Gasteiger charge is -2.23. The van der Waals surface area contributed by atoms with Crippen molar-refractivity contribution in [1.82, 2.24) is 5.32 Å². The molecule has 0 aromatic heterocycles. The quantitative estimate of drug-likeness (QED) is 0.617. The highest BCUT2D eigenvalue weighted by atomic mass is 35.5. The number of hydrogen-bond donors (Lipinski definition) is 1. The minimum absolute atomic E-state index is 0.0754. The van der Waals surface area contributed by atoms with Crippen molar-refractivity contribution in [3.05, 3.63) is 33.3 Å². The van der Waals surface area contributed by atoms with Gasteiger partial charge in [0.05, 0.1) is 28.7 Å². The smallest absolute Gasteiger partial charge is 0.273 e. The second-order valence-electron chi connectivity index (χ2n) is 5.33. The minimum Gasteiger partial charge on any atom is -0.492 e. The molecule has 0 amide bonds. The second kappa shape index (κ2) is 6.29. The molecule has 0 saturated heterocycles. The number of nitriles is 1. The van der Waals surface area contributed by atoms with Crippen molar-refractivity contribution in [2.45, 2.75) is 37.8 Å². The Morgan fingerprint density at radius 1 is 1.62 bits per heavy atom. The van der Waals surface area contributed by atoms with Crippen LogP contribution in [0, 0.1) is 21.4 Å². The molecule has 0 bridgehead atoms. The van der Waals surface area contributed by atoms with Crippen molar-refractivity contribution < 1.29 is 9.66 Å². The summed E-state index contributed by atoms with van der Waals surface area (Å²) in [5, 5.41) is 23.6. The fraction of sp³-hybridized carbons (Fsp3) is 0.500. The fourth-order valence-electron chi connectivity index (χ4n) is 1.92. The van der Waals surface area contributed by atoms with Crippen LogP contribution in [-0.2, 0) is 0 Å². The van der Waals surface area contributed by atoms with E-state index in [0.29, 0.717) is 17.5 Å². The molecule has 1 aromatic rings. The van der Waals surface area contributed by atoms with Crippen molar-refractivity contribution in [2.75, 3.05) is 6.61 Å². The van der Waals surface area contributed by atoms with Crippen molar-refractivity contribution >= 4 is 17.3 Å². The Bertz CT molecular complexity index is 583. The van der Waals surface area contributed by atoms with E-state index in [2.05, 4.69) is 11.4 Å². The van der Waals surface area contributed by atoms with Gasteiger partial charge in [0.25, 0.3) is 5.69 Å². The van der Waals surface area contributed by atoms with Gasteiger partial charge in [0.1, 0.15) is 11.3 Å². The normalized spacial score (nSPS) is 16.8. The lowest BCUT2D eigenvalue weighted by atomic mass is 10.0. The van der Waals surface area contributed by atoms with Crippen molar-refractivity contribution in [3.8, 4) is 11.8 Å². The zero-order chi connectivity index (χ0) is 15.5. The van der Waals surface area contributed by atoms with Crippen molar-refractivity contribution in [1.29, 1.82) is 5.26 Å². The Labute approximate surface area is 127 Å². The van der Waals surface area contributed by atoms with Crippen LogP contribution >= 0.6 is 11.6 Å². The standard InChI is InChI=1S/C14H16ClN3O3/c1-14(9-16,17-10-2-3-10)6-7-21-13-8-11(18(19)20)4-5-12(13)15/h4-5,8,10,17H,2-3,6-7H2,1H3. The molecule has 1 unspecified atom stereocenters. The first-order valence-corrected chi connectivity index (χ1v) is 7.07. The van der Waals surface area contributed by atoms with E-state index in [4.69, 9.17) is 16.3 Å². The highest BCUT2D eigenvalue weighted by molar-refractivity contribution is 6.32. The van der Waals surface area contributed by atoms with E-state index in [9.17, 15) is 15.4 Å². The molecule has 1 aromatic carbocycles. The minimum atomic E-state index is -0.658. The Kier molecular flexibility index (Phi) is 4.66. The van der Waals surface area contributed by atoms with Crippen LogP contribution in [-0.4, -0.2) is 23.1 Å². The number of hydrogen-bond acceptors (Lipinski definition) is 5. The van der Waals surface area contributed by atoms with Gasteiger partial charge in [0.15, 0.2) is 0 Å². The van der Waals surface area contributed by atoms with E-state index in [0.717, 1.165) is 12.8 Å². The monoisotopic (exact) mass is 309 g/mol. The largest absolute Gasteiger partial charge is 0.492 e. The number of nitrogens with zero attached hydrogens (tertiary/aromatic N) is 2. The molecular weight excluding hydrogens is 294 g/mol. The summed E-state index contributed by atoms with van der Waals surface area (Å²) in [5.74, 6) is 0.262. The van der Waals surface area contributed by atoms with Gasteiger partial charge in [-0.1, -0.05) is 11.6 Å². The van der Waals surface area contributed by atoms with Gasteiger partial charge in [0, 0.05) is 18.5 Å². The highest BCUT2D eigenvalue weighted by Crippen LogP contribution is 2.29. The molecule has 1 fully saturated rings. The van der Waals surface area contributed by atoms with Crippen LogP contribution in [0.15, 0.2) is 18.2 Å². The number of halogens is 1. The lowest BCUT2D eigenvalue weighted by molar-refractivity contribution is -0.384. The molecule has 1 saturated carbocycles. The molecule has 0 aliphatic heterocycles. The molecule has 6 nitrogen and oxygen atoms in total. The third-order valence-corrected chi connectivity index (χ3v) is 3.64. The maximum atomic E-state index is 10.7. The average molecular weight is 310 g/mol. The molecule has 1 aliphatic rings. The van der Waals surface area contributed by atoms with E-state index in [1.807, 2.05) is 6.92 Å². The fourth-order valence-corrected chi connectivity index (χ4v) is 2.09. The molecule has 0 heterocycles. The first kappa shape index (κ1) is 15.5. The molecule has 1 atom stereocenters. The Morgan fingerprint density at radius 2 is 2.33 bits per heavy atom. The van der Waals surface area contributed by atoms with Crippen LogP contribution in [0.4, 0.5) is 5.69 Å². The van der Waals surface area contributed by atoms with Gasteiger partial charge in [-0.2, -0.15) is 5.26 Å². The molecular formula is C14H16ClN3O3. The van der Waals surface area contributed by atoms with Crippen LogP contribution < -0.4 is 10.1 Å². The van der Waals surface area contributed by atoms with Crippen LogP contribution in [0.25, 0.3) is 0 Å². The summed E-state index contributed by atoms with van der Waals surface area (Å²) in [6.45, 7) is 2.08. The van der Waals surface area contributed by atoms with Crippen LogP contribution in [0.5, 0.6) is 5.75 Å². The lowest BCUT2D eigenvalue weighted by Crippen LogP contribution is -2.43. The number of nitro benzene ring substituents is 1. The first-order valence-electron chi connectivity index (χ1n) is 6.69. The van der Waals surface area contributed by atoms with Crippen molar-refractivity contribution in [3.63, 3.8) is 0 Å². The summed E-state index contributed by atoms with van der Waals surface area (Å²) in [7, 11) is 0. The van der Waals surface area contributed by atoms with Crippen LogP contribution in [0.1, 0.15) is 26.2 Å². The summed E-state index contributed by atoms with van der Waals surface area (Å²) in [5.41, 5.74) is -0.734. The van der Waals surface area contributed by atoms with Gasteiger partial charge in [-0.25, -0.2) is 0 Å². The first-order chi connectivity index (χ1) is 9.93. The van der Waals surface area contributed by atoms with E-state index in [-0.39, 0.29) is 18.0 Å². The van der Waals surface area contributed by atoms with Crippen molar-refractivity contribution in [2.24, 2.45) is 0 Å². The Balaban J connectivity index is 1.94. The van der Waals surface area contributed by atoms with E-state index < -0.39 is 10.5 Å². The van der Waals surface area contributed by atoms with Crippen LogP contribution in [0.2, 0.25) is 5.02 Å². The molecule has 21 heavy (non-hydrogen) atoms.